The number of nitrogens with zero attached hydrogens (tertiary/aromatic N) is 2. The van der Waals surface area contributed by atoms with Gasteiger partial charge in [0.1, 0.15) is 5.52 Å². The molecule has 0 unspecified atom stereocenters. The van der Waals surface area contributed by atoms with Crippen molar-refractivity contribution in [2.75, 3.05) is 5.32 Å². The Bertz CT molecular complexity index is 1430. The first-order valence-corrected chi connectivity index (χ1v) is 10.5. The van der Waals surface area contributed by atoms with Gasteiger partial charge in [-0.25, -0.2) is 4.98 Å². The first-order valence-electron chi connectivity index (χ1n) is 9.76. The van der Waals surface area contributed by atoms with Crippen LogP contribution < -0.4 is 10.6 Å². The SMILES string of the molecule is Cc1ccc2oc(-c3ccc(Cl)c(NC(=S)NC(=O)c4ccc([N+](=O)[O-])c(C)c4)c3)nc2c1. The number of benzene rings is 3. The van der Waals surface area contributed by atoms with E-state index in [9.17, 15) is 14.9 Å². The second-order valence-corrected chi connectivity index (χ2v) is 8.17. The molecule has 0 aliphatic rings. The van der Waals surface area contributed by atoms with Gasteiger partial charge in [-0.2, -0.15) is 0 Å². The van der Waals surface area contributed by atoms with Crippen molar-refractivity contribution in [1.29, 1.82) is 0 Å². The van der Waals surface area contributed by atoms with E-state index in [4.69, 9.17) is 28.2 Å². The largest absolute Gasteiger partial charge is 0.436 e. The number of aromatic nitrogens is 1. The van der Waals surface area contributed by atoms with Gasteiger partial charge in [0.25, 0.3) is 11.6 Å². The van der Waals surface area contributed by atoms with Crippen LogP contribution in [0.3, 0.4) is 0 Å². The molecule has 0 saturated heterocycles. The third kappa shape index (κ3) is 4.84. The third-order valence-corrected chi connectivity index (χ3v) is 5.42. The van der Waals surface area contributed by atoms with Crippen molar-refractivity contribution < 1.29 is 14.1 Å². The number of anilines is 1. The van der Waals surface area contributed by atoms with E-state index in [2.05, 4.69) is 15.6 Å². The minimum absolute atomic E-state index is 0.0169. The number of oxazole rings is 1. The minimum Gasteiger partial charge on any atom is -0.436 e. The van der Waals surface area contributed by atoms with E-state index in [0.29, 0.717) is 33.3 Å². The second kappa shape index (κ2) is 8.97. The zero-order valence-corrected chi connectivity index (χ0v) is 19.1. The van der Waals surface area contributed by atoms with E-state index in [1.165, 1.54) is 18.2 Å². The van der Waals surface area contributed by atoms with Crippen LogP contribution in [0.2, 0.25) is 5.02 Å². The van der Waals surface area contributed by atoms with Gasteiger partial charge in [0, 0.05) is 22.8 Å². The maximum absolute atomic E-state index is 12.5. The highest BCUT2D eigenvalue weighted by Crippen LogP contribution is 2.30. The van der Waals surface area contributed by atoms with Crippen LogP contribution in [0.25, 0.3) is 22.6 Å². The topological polar surface area (TPSA) is 110 Å². The molecule has 0 saturated carbocycles. The van der Waals surface area contributed by atoms with Gasteiger partial charge in [0.2, 0.25) is 5.89 Å². The summed E-state index contributed by atoms with van der Waals surface area (Å²) in [6, 6.07) is 15.0. The molecule has 0 spiro atoms. The number of amides is 1. The number of aryl methyl sites for hydroxylation is 2. The van der Waals surface area contributed by atoms with Crippen LogP contribution >= 0.6 is 23.8 Å². The van der Waals surface area contributed by atoms with E-state index in [1.54, 1.807) is 25.1 Å². The molecule has 1 heterocycles. The summed E-state index contributed by atoms with van der Waals surface area (Å²) in [5.41, 5.74) is 4.17. The van der Waals surface area contributed by atoms with Gasteiger partial charge < -0.3 is 9.73 Å². The molecular weight excluding hydrogens is 464 g/mol. The smallest absolute Gasteiger partial charge is 0.272 e. The highest BCUT2D eigenvalue weighted by atomic mass is 35.5. The van der Waals surface area contributed by atoms with E-state index in [-0.39, 0.29) is 16.4 Å². The molecule has 3 aromatic carbocycles. The molecule has 1 aromatic heterocycles. The summed E-state index contributed by atoms with van der Waals surface area (Å²) < 4.78 is 5.84. The van der Waals surface area contributed by atoms with Crippen molar-refractivity contribution in [2.24, 2.45) is 0 Å². The summed E-state index contributed by atoms with van der Waals surface area (Å²) in [5.74, 6) is -0.0845. The molecule has 166 valence electrons. The van der Waals surface area contributed by atoms with Crippen LogP contribution in [0.5, 0.6) is 0 Å². The molecule has 0 bridgehead atoms. The standard InChI is InChI=1S/C23H17ClN4O4S/c1-12-3-8-20-18(9-12)25-22(32-20)15-4-6-16(24)17(11-15)26-23(33)27-21(29)14-5-7-19(28(30)31)13(2)10-14/h3-11H,1-2H3,(H2,26,27,29,33). The maximum atomic E-state index is 12.5. The van der Waals surface area contributed by atoms with E-state index in [0.717, 1.165) is 11.1 Å². The van der Waals surface area contributed by atoms with Crippen LogP contribution in [0.1, 0.15) is 21.5 Å². The molecule has 4 rings (SSSR count). The van der Waals surface area contributed by atoms with Gasteiger partial charge in [-0.3, -0.25) is 20.2 Å². The van der Waals surface area contributed by atoms with Crippen molar-refractivity contribution >= 4 is 57.3 Å². The molecule has 0 aliphatic heterocycles. The van der Waals surface area contributed by atoms with Crippen molar-refractivity contribution in [1.82, 2.24) is 10.3 Å². The Hall–Kier alpha value is -3.82. The predicted octanol–water partition coefficient (Wildman–Crippen LogP) is 5.80. The number of nitrogens with one attached hydrogen (secondary N) is 2. The van der Waals surface area contributed by atoms with Crippen LogP contribution in [-0.2, 0) is 0 Å². The van der Waals surface area contributed by atoms with Crippen LogP contribution in [0.4, 0.5) is 11.4 Å². The van der Waals surface area contributed by atoms with Crippen molar-refractivity contribution in [3.63, 3.8) is 0 Å². The summed E-state index contributed by atoms with van der Waals surface area (Å²) in [6.07, 6.45) is 0. The lowest BCUT2D eigenvalue weighted by Gasteiger charge is -2.12. The Morgan fingerprint density at radius 1 is 1.12 bits per heavy atom. The Morgan fingerprint density at radius 3 is 2.64 bits per heavy atom. The van der Waals surface area contributed by atoms with Crippen LogP contribution in [0.15, 0.2) is 59.0 Å². The van der Waals surface area contributed by atoms with Crippen molar-refractivity contribution in [3.05, 3.63) is 86.4 Å². The number of nitro benzene ring substituents is 1. The predicted molar refractivity (Wildman–Crippen MR) is 131 cm³/mol. The number of rotatable bonds is 4. The number of thiocarbonyl (C=S) groups is 1. The van der Waals surface area contributed by atoms with Crippen LogP contribution in [-0.4, -0.2) is 20.9 Å². The zero-order chi connectivity index (χ0) is 23.7. The molecular formula is C23H17ClN4O4S. The lowest BCUT2D eigenvalue weighted by Crippen LogP contribution is -2.34. The molecule has 1 amide bonds. The molecule has 0 aliphatic carbocycles. The van der Waals surface area contributed by atoms with E-state index >= 15 is 0 Å². The summed E-state index contributed by atoms with van der Waals surface area (Å²) in [5, 5.41) is 16.8. The first-order chi connectivity index (χ1) is 15.7. The number of carbonyl (C=O) groups excluding carboxylic acids is 1. The highest BCUT2D eigenvalue weighted by Gasteiger charge is 2.16. The average molecular weight is 481 g/mol. The Labute approximate surface area is 198 Å². The van der Waals surface area contributed by atoms with E-state index < -0.39 is 10.8 Å². The highest BCUT2D eigenvalue weighted by molar-refractivity contribution is 7.80. The van der Waals surface area contributed by atoms with Crippen molar-refractivity contribution in [3.8, 4) is 11.5 Å². The molecule has 0 radical (unpaired) electrons. The molecule has 0 fully saturated rings. The summed E-state index contributed by atoms with van der Waals surface area (Å²) in [4.78, 5) is 27.5. The van der Waals surface area contributed by atoms with E-state index in [1.807, 2.05) is 25.1 Å². The fraction of sp³-hybridized carbons (Fsp3) is 0.0870. The molecule has 4 aromatic rings. The van der Waals surface area contributed by atoms with Gasteiger partial charge in [-0.05, 0) is 74.1 Å². The molecule has 0 atom stereocenters. The fourth-order valence-corrected chi connectivity index (χ4v) is 3.61. The van der Waals surface area contributed by atoms with Gasteiger partial charge in [0.05, 0.1) is 15.6 Å². The number of hydrogen-bond donors (Lipinski definition) is 2. The minimum atomic E-state index is -0.507. The average Bonchev–Trinajstić information content (AvgIpc) is 3.18. The molecule has 33 heavy (non-hydrogen) atoms. The van der Waals surface area contributed by atoms with Gasteiger partial charge >= 0.3 is 0 Å². The lowest BCUT2D eigenvalue weighted by molar-refractivity contribution is -0.385. The van der Waals surface area contributed by atoms with Crippen molar-refractivity contribution in [2.45, 2.75) is 13.8 Å². The second-order valence-electron chi connectivity index (χ2n) is 7.35. The normalized spacial score (nSPS) is 10.8. The number of halogens is 1. The summed E-state index contributed by atoms with van der Waals surface area (Å²) in [6.45, 7) is 3.54. The molecule has 2 N–H and O–H groups in total. The van der Waals surface area contributed by atoms with Crippen LogP contribution in [0, 0.1) is 24.0 Å². The Morgan fingerprint density at radius 2 is 1.91 bits per heavy atom. The number of nitro groups is 1. The summed E-state index contributed by atoms with van der Waals surface area (Å²) in [7, 11) is 0. The molecule has 10 heteroatoms. The first kappa shape index (κ1) is 22.4. The van der Waals surface area contributed by atoms with Gasteiger partial charge in [-0.1, -0.05) is 17.7 Å². The third-order valence-electron chi connectivity index (χ3n) is 4.89. The monoisotopic (exact) mass is 480 g/mol. The summed E-state index contributed by atoms with van der Waals surface area (Å²) >= 11 is 11.5. The quantitative estimate of drug-likeness (QED) is 0.216. The fourth-order valence-electron chi connectivity index (χ4n) is 3.25. The number of fused-ring (bicyclic) bond motifs is 1. The van der Waals surface area contributed by atoms with Gasteiger partial charge in [0.15, 0.2) is 10.7 Å². The number of hydrogen-bond acceptors (Lipinski definition) is 6. The molecule has 8 nitrogen and oxygen atoms in total. The number of carbonyl (C=O) groups is 1. The lowest BCUT2D eigenvalue weighted by atomic mass is 10.1. The Kier molecular flexibility index (Phi) is 6.08. The Balaban J connectivity index is 1.51. The zero-order valence-electron chi connectivity index (χ0n) is 17.5. The maximum Gasteiger partial charge on any atom is 0.272 e. The van der Waals surface area contributed by atoms with Gasteiger partial charge in [-0.15, -0.1) is 0 Å².